The van der Waals surface area contributed by atoms with Gasteiger partial charge in [-0.3, -0.25) is 0 Å². The molecule has 0 aliphatic heterocycles. The Kier molecular flexibility index (Phi) is 14.2. The Balaban J connectivity index is 0.000000114. The lowest BCUT2D eigenvalue weighted by Crippen LogP contribution is -2.26. The summed E-state index contributed by atoms with van der Waals surface area (Å²) in [5.41, 5.74) is 34.8. The van der Waals surface area contributed by atoms with E-state index in [0.717, 1.165) is 32.7 Å². The van der Waals surface area contributed by atoms with E-state index in [1.165, 1.54) is 186 Å². The van der Waals surface area contributed by atoms with Gasteiger partial charge < -0.3 is 11.1 Å². The molecule has 0 saturated heterocycles. The zero-order chi connectivity index (χ0) is 72.1. The van der Waals surface area contributed by atoms with E-state index in [2.05, 4.69) is 409 Å². The summed E-state index contributed by atoms with van der Waals surface area (Å²) in [7, 11) is 0. The third-order valence-corrected chi connectivity index (χ3v) is 24.6. The first-order chi connectivity index (χ1) is 53.9. The number of hydrogen-bond donors (Lipinski definition) is 2. The first-order valence-corrected chi connectivity index (χ1v) is 38.5. The van der Waals surface area contributed by atoms with Gasteiger partial charge in [0.05, 0.1) is 10.8 Å². The third-order valence-electron chi connectivity index (χ3n) is 24.2. The van der Waals surface area contributed by atoms with Gasteiger partial charge >= 0.3 is 0 Å². The molecular weight excluding hydrogens is 1380 g/mol. The van der Waals surface area contributed by atoms with Gasteiger partial charge in [0.15, 0.2) is 0 Å². The van der Waals surface area contributed by atoms with Crippen LogP contribution in [0, 0.1) is 0 Å². The molecule has 4 aliphatic carbocycles. The molecule has 0 bridgehead atoms. The standard InChI is InChI=1S/C53H33N.C35H23N.C18H11Br/c1-2-14-34-29-35(26-25-33(34)13-1)45-31-47-44-21-9-12-24-50(44)53(48-22-10-7-19-42(48)43-20-8-11-23-49(43)53)51(47)32-52(45)54-36-27-28-41-39-17-4-3-15-37(39)38-16-5-6-18-40(38)46(41)30-36;36-34-21-33-29(20-28(34)24-18-17-22-9-1-2-10-23(22)19-24)27-13-5-8-16-32(27)35(33)30-14-6-3-11-25(30)26-12-4-7-15-31(26)35;19-12-9-10-17-15-7-2-1-5-13(15)14-6-3-4-8-16(14)18(17)11-12/h1-32,54H;1-21H,36H2;1-11H. The van der Waals surface area contributed by atoms with Crippen LogP contribution in [0.3, 0.4) is 0 Å². The molecule has 0 atom stereocenters. The highest BCUT2D eigenvalue weighted by atomic mass is 79.9. The van der Waals surface area contributed by atoms with Crippen molar-refractivity contribution in [3.63, 3.8) is 0 Å². The van der Waals surface area contributed by atoms with Crippen molar-refractivity contribution in [3.05, 3.63) is 437 Å². The highest BCUT2D eigenvalue weighted by Gasteiger charge is 2.53. The molecule has 0 unspecified atom stereocenters. The maximum Gasteiger partial charge on any atom is 0.0726 e. The van der Waals surface area contributed by atoms with Gasteiger partial charge in [-0.1, -0.05) is 344 Å². The number of halogens is 1. The lowest BCUT2D eigenvalue weighted by atomic mass is 9.70. The minimum Gasteiger partial charge on any atom is -0.398 e. The van der Waals surface area contributed by atoms with Crippen molar-refractivity contribution in [2.24, 2.45) is 0 Å². The Labute approximate surface area is 640 Å². The van der Waals surface area contributed by atoms with Crippen LogP contribution in [0.5, 0.6) is 0 Å². The smallest absolute Gasteiger partial charge is 0.0726 e. The van der Waals surface area contributed by atoms with Crippen LogP contribution in [0.25, 0.3) is 153 Å². The summed E-state index contributed by atoms with van der Waals surface area (Å²) < 4.78 is 1.13. The fourth-order valence-corrected chi connectivity index (χ4v) is 20.0. The average Bonchev–Trinajstić information content (AvgIpc) is 1.51. The molecule has 3 heteroatoms. The van der Waals surface area contributed by atoms with Crippen LogP contribution in [0.1, 0.15) is 44.5 Å². The molecule has 109 heavy (non-hydrogen) atoms. The molecule has 508 valence electrons. The zero-order valence-electron chi connectivity index (χ0n) is 59.4. The first kappa shape index (κ1) is 62.9. The van der Waals surface area contributed by atoms with E-state index in [9.17, 15) is 0 Å². The summed E-state index contributed by atoms with van der Waals surface area (Å²) in [5.74, 6) is 0. The lowest BCUT2D eigenvalue weighted by molar-refractivity contribution is 0.794. The van der Waals surface area contributed by atoms with Crippen molar-refractivity contribution < 1.29 is 0 Å². The summed E-state index contributed by atoms with van der Waals surface area (Å²) >= 11 is 3.58. The fourth-order valence-electron chi connectivity index (χ4n) is 19.6. The van der Waals surface area contributed by atoms with Crippen molar-refractivity contribution in [2.45, 2.75) is 10.8 Å². The largest absolute Gasteiger partial charge is 0.398 e. The van der Waals surface area contributed by atoms with E-state index in [1.54, 1.807) is 0 Å². The SMILES string of the molecule is Brc1ccc2c3ccccc3c3ccccc3c2c1.Nc1cc2c(cc1-c1ccc3ccccc3c1)-c1ccccc1C21c2ccccc2-c2ccccc21.c1ccc2c(c1)-c1ccccc1C21c2ccccc2-c2cc(-c3ccc4ccccc4c3)c(Nc3ccc4c5ccccc5c5ccccc5c4c3)cc21. The number of anilines is 3. The van der Waals surface area contributed by atoms with Gasteiger partial charge in [-0.25, -0.2) is 0 Å². The van der Waals surface area contributed by atoms with Gasteiger partial charge in [-0.15, -0.1) is 0 Å². The van der Waals surface area contributed by atoms with Crippen LogP contribution in [0.2, 0.25) is 0 Å². The van der Waals surface area contributed by atoms with Crippen LogP contribution >= 0.6 is 15.9 Å². The van der Waals surface area contributed by atoms with Gasteiger partial charge in [-0.2, -0.15) is 0 Å². The molecule has 0 aromatic heterocycles. The fraction of sp³-hybridized carbons (Fsp3) is 0.0189. The number of fused-ring (bicyclic) bond motifs is 34. The van der Waals surface area contributed by atoms with Crippen molar-refractivity contribution in [3.8, 4) is 66.8 Å². The quantitative estimate of drug-likeness (QED) is 0.136. The van der Waals surface area contributed by atoms with Crippen LogP contribution in [0.15, 0.2) is 393 Å². The van der Waals surface area contributed by atoms with E-state index in [-0.39, 0.29) is 5.41 Å². The molecule has 3 N–H and O–H groups in total. The second-order valence-electron chi connectivity index (χ2n) is 29.6. The number of hydrogen-bond acceptors (Lipinski definition) is 2. The molecule has 0 fully saturated rings. The van der Waals surface area contributed by atoms with E-state index in [4.69, 9.17) is 5.73 Å². The summed E-state index contributed by atoms with van der Waals surface area (Å²) in [6, 6.07) is 142. The summed E-state index contributed by atoms with van der Waals surface area (Å²) in [4.78, 5) is 0. The molecular formula is C106H67BrN2. The molecule has 24 rings (SSSR count). The molecule has 20 aromatic carbocycles. The van der Waals surface area contributed by atoms with Crippen LogP contribution in [-0.4, -0.2) is 0 Å². The number of benzene rings is 20. The number of nitrogens with two attached hydrogens (primary N) is 1. The number of nitrogen functional groups attached to an aromatic ring is 1. The molecule has 0 heterocycles. The average molecular weight is 1450 g/mol. The number of rotatable bonds is 4. The number of nitrogens with one attached hydrogen (secondary N) is 1. The minimum atomic E-state index is -0.421. The second kappa shape index (κ2) is 24.6. The van der Waals surface area contributed by atoms with Gasteiger partial charge in [0.25, 0.3) is 0 Å². The summed E-state index contributed by atoms with van der Waals surface area (Å²) in [6.07, 6.45) is 0. The topological polar surface area (TPSA) is 38.0 Å². The highest BCUT2D eigenvalue weighted by molar-refractivity contribution is 9.10. The Bertz CT molecular complexity index is 7100. The van der Waals surface area contributed by atoms with E-state index in [1.807, 2.05) is 0 Å². The molecule has 0 radical (unpaired) electrons. The molecule has 0 amide bonds. The Morgan fingerprint density at radius 3 is 0.917 bits per heavy atom. The van der Waals surface area contributed by atoms with Crippen LogP contribution < -0.4 is 11.1 Å². The van der Waals surface area contributed by atoms with Crippen LogP contribution in [0.4, 0.5) is 17.1 Å². The highest BCUT2D eigenvalue weighted by Crippen LogP contribution is 2.66. The van der Waals surface area contributed by atoms with Crippen molar-refractivity contribution in [2.75, 3.05) is 11.1 Å². The van der Waals surface area contributed by atoms with Crippen molar-refractivity contribution in [1.29, 1.82) is 0 Å². The van der Waals surface area contributed by atoms with Crippen LogP contribution in [-0.2, 0) is 10.8 Å². The Morgan fingerprint density at radius 2 is 0.505 bits per heavy atom. The maximum absolute atomic E-state index is 6.90. The maximum atomic E-state index is 6.90. The lowest BCUT2D eigenvalue weighted by Gasteiger charge is -2.31. The van der Waals surface area contributed by atoms with Gasteiger partial charge in [0, 0.05) is 32.7 Å². The Morgan fingerprint density at radius 1 is 0.202 bits per heavy atom. The van der Waals surface area contributed by atoms with E-state index in [0.29, 0.717) is 0 Å². The molecule has 4 aliphatic rings. The molecule has 0 saturated carbocycles. The van der Waals surface area contributed by atoms with Gasteiger partial charge in [0.2, 0.25) is 0 Å². The van der Waals surface area contributed by atoms with Gasteiger partial charge in [-0.05, 0) is 247 Å². The predicted octanol–water partition coefficient (Wildman–Crippen LogP) is 28.4. The second-order valence-corrected chi connectivity index (χ2v) is 30.5. The Hall–Kier alpha value is -13.4. The first-order valence-electron chi connectivity index (χ1n) is 37.7. The summed E-state index contributed by atoms with van der Waals surface area (Å²) in [6.45, 7) is 0. The monoisotopic (exact) mass is 1450 g/mol. The normalized spacial score (nSPS) is 13.2. The van der Waals surface area contributed by atoms with Gasteiger partial charge in [0.1, 0.15) is 0 Å². The predicted molar refractivity (Wildman–Crippen MR) is 465 cm³/mol. The van der Waals surface area contributed by atoms with E-state index < -0.39 is 5.41 Å². The minimum absolute atomic E-state index is 0.352. The zero-order valence-corrected chi connectivity index (χ0v) is 61.0. The molecule has 20 aromatic rings. The van der Waals surface area contributed by atoms with Crippen molar-refractivity contribution >= 4 is 119 Å². The van der Waals surface area contributed by atoms with E-state index >= 15 is 0 Å². The summed E-state index contributed by atoms with van der Waals surface area (Å²) in [5, 5.41) is 24.6. The van der Waals surface area contributed by atoms with Crippen molar-refractivity contribution in [1.82, 2.24) is 0 Å². The third kappa shape index (κ3) is 9.34. The molecule has 2 nitrogen and oxygen atoms in total. The molecule has 2 spiro atoms.